The van der Waals surface area contributed by atoms with E-state index in [1.54, 1.807) is 15.6 Å². The molecular formula is C27H36N4O4. The van der Waals surface area contributed by atoms with Gasteiger partial charge in [-0.1, -0.05) is 31.2 Å². The molecule has 0 radical (unpaired) electrons. The Kier molecular flexibility index (Phi) is 7.90. The Bertz CT molecular complexity index is 1110. The SMILES string of the molecule is CCC(=O)N(c1ccccc1)C1(C(=O)OC)CCN(CCn2c(=O)ccn2C2=CCCCC2)CC1. The molecule has 0 spiro atoms. The van der Waals surface area contributed by atoms with E-state index >= 15 is 0 Å². The lowest BCUT2D eigenvalue weighted by atomic mass is 9.84. The maximum absolute atomic E-state index is 13.2. The Morgan fingerprint density at radius 1 is 1.06 bits per heavy atom. The smallest absolute Gasteiger partial charge is 0.332 e. The van der Waals surface area contributed by atoms with Crippen LogP contribution >= 0.6 is 0 Å². The summed E-state index contributed by atoms with van der Waals surface area (Å²) in [5, 5.41) is 0. The number of para-hydroxylation sites is 1. The van der Waals surface area contributed by atoms with E-state index in [0.29, 0.717) is 51.1 Å². The molecule has 35 heavy (non-hydrogen) atoms. The van der Waals surface area contributed by atoms with Gasteiger partial charge in [0.05, 0.1) is 13.7 Å². The number of piperidine rings is 1. The summed E-state index contributed by atoms with van der Waals surface area (Å²) >= 11 is 0. The van der Waals surface area contributed by atoms with Crippen LogP contribution in [-0.2, 0) is 20.9 Å². The summed E-state index contributed by atoms with van der Waals surface area (Å²) in [6.45, 7) is 4.35. The molecule has 188 valence electrons. The van der Waals surface area contributed by atoms with Crippen molar-refractivity contribution < 1.29 is 14.3 Å². The summed E-state index contributed by atoms with van der Waals surface area (Å²) < 4.78 is 9.04. The third-order valence-corrected chi connectivity index (χ3v) is 7.30. The minimum atomic E-state index is -1.04. The maximum atomic E-state index is 13.2. The quantitative estimate of drug-likeness (QED) is 0.541. The normalized spacial score (nSPS) is 18.1. The standard InChI is InChI=1S/C27H36N4O4/c1-3-24(32)31(23-12-8-5-9-13-23)27(26(34)35-2)15-18-28(19-16-27)20-21-30-25(33)14-17-29(30)22-10-6-4-7-11-22/h5,8-10,12-14,17H,3-4,6-7,11,15-16,18-21H2,1-2H3. The largest absolute Gasteiger partial charge is 0.467 e. The summed E-state index contributed by atoms with van der Waals surface area (Å²) in [7, 11) is 1.39. The number of likely N-dealkylation sites (tertiary alicyclic amines) is 1. The highest BCUT2D eigenvalue weighted by Gasteiger charge is 2.49. The van der Waals surface area contributed by atoms with E-state index < -0.39 is 5.54 Å². The van der Waals surface area contributed by atoms with Gasteiger partial charge in [0.15, 0.2) is 0 Å². The molecule has 1 fully saturated rings. The Morgan fingerprint density at radius 3 is 2.43 bits per heavy atom. The van der Waals surface area contributed by atoms with Crippen LogP contribution in [0.3, 0.4) is 0 Å². The van der Waals surface area contributed by atoms with E-state index in [-0.39, 0.29) is 17.4 Å². The highest BCUT2D eigenvalue weighted by molar-refractivity contribution is 6.02. The average molecular weight is 481 g/mol. The molecule has 0 saturated carbocycles. The first-order valence-corrected chi connectivity index (χ1v) is 12.7. The molecule has 2 heterocycles. The highest BCUT2D eigenvalue weighted by atomic mass is 16.5. The lowest BCUT2D eigenvalue weighted by Crippen LogP contribution is -2.62. The lowest BCUT2D eigenvalue weighted by molar-refractivity contribution is -0.151. The molecule has 4 rings (SSSR count). The van der Waals surface area contributed by atoms with Crippen molar-refractivity contribution in [2.75, 3.05) is 31.6 Å². The number of carbonyl (C=O) groups excluding carboxylic acids is 2. The van der Waals surface area contributed by atoms with Gasteiger partial charge in [0.2, 0.25) is 5.91 Å². The number of hydrogen-bond donors (Lipinski definition) is 0. The van der Waals surface area contributed by atoms with Gasteiger partial charge in [0, 0.05) is 49.7 Å². The van der Waals surface area contributed by atoms with Crippen molar-refractivity contribution in [1.29, 1.82) is 0 Å². The summed E-state index contributed by atoms with van der Waals surface area (Å²) in [6, 6.07) is 11.0. The highest BCUT2D eigenvalue weighted by Crippen LogP contribution is 2.35. The molecule has 0 bridgehead atoms. The summed E-state index contributed by atoms with van der Waals surface area (Å²) in [5.41, 5.74) is 0.867. The van der Waals surface area contributed by atoms with Gasteiger partial charge in [0.25, 0.3) is 5.56 Å². The number of aromatic nitrogens is 2. The van der Waals surface area contributed by atoms with Crippen LogP contribution in [0.5, 0.6) is 0 Å². The molecule has 0 N–H and O–H groups in total. The second-order valence-electron chi connectivity index (χ2n) is 9.35. The van der Waals surface area contributed by atoms with E-state index in [1.165, 1.54) is 19.2 Å². The molecule has 1 aromatic heterocycles. The van der Waals surface area contributed by atoms with Crippen molar-refractivity contribution in [1.82, 2.24) is 14.3 Å². The zero-order valence-corrected chi connectivity index (χ0v) is 20.8. The van der Waals surface area contributed by atoms with Crippen LogP contribution in [0, 0.1) is 0 Å². The van der Waals surface area contributed by atoms with Gasteiger partial charge in [-0.05, 0) is 50.7 Å². The number of ether oxygens (including phenoxy) is 1. The van der Waals surface area contributed by atoms with Gasteiger partial charge in [-0.15, -0.1) is 0 Å². The van der Waals surface area contributed by atoms with Crippen LogP contribution in [0.4, 0.5) is 5.69 Å². The van der Waals surface area contributed by atoms with Crippen molar-refractivity contribution in [3.63, 3.8) is 0 Å². The van der Waals surface area contributed by atoms with Crippen molar-refractivity contribution in [3.05, 3.63) is 59.0 Å². The summed E-state index contributed by atoms with van der Waals surface area (Å²) in [6.07, 6.45) is 9.73. The van der Waals surface area contributed by atoms with E-state index in [1.807, 2.05) is 48.1 Å². The summed E-state index contributed by atoms with van der Waals surface area (Å²) in [4.78, 5) is 42.7. The molecule has 1 amide bonds. The fraction of sp³-hybridized carbons (Fsp3) is 0.519. The van der Waals surface area contributed by atoms with Gasteiger partial charge in [-0.3, -0.25) is 19.2 Å². The predicted octanol–water partition coefficient (Wildman–Crippen LogP) is 3.52. The monoisotopic (exact) mass is 480 g/mol. The van der Waals surface area contributed by atoms with Crippen LogP contribution in [0.1, 0.15) is 51.9 Å². The van der Waals surface area contributed by atoms with E-state index in [2.05, 4.69) is 11.0 Å². The third-order valence-electron chi connectivity index (χ3n) is 7.30. The first kappa shape index (κ1) is 25.0. The van der Waals surface area contributed by atoms with E-state index in [9.17, 15) is 14.4 Å². The lowest BCUT2D eigenvalue weighted by Gasteiger charge is -2.46. The number of nitrogens with zero attached hydrogens (tertiary/aromatic N) is 4. The maximum Gasteiger partial charge on any atom is 0.332 e. The first-order chi connectivity index (χ1) is 17.0. The Balaban J connectivity index is 1.50. The number of hydrogen-bond acceptors (Lipinski definition) is 5. The number of benzene rings is 1. The average Bonchev–Trinajstić information content (AvgIpc) is 3.28. The summed E-state index contributed by atoms with van der Waals surface area (Å²) in [5.74, 6) is -0.475. The Labute approximate surface area is 206 Å². The second kappa shape index (κ2) is 11.1. The van der Waals surface area contributed by atoms with Crippen molar-refractivity contribution >= 4 is 23.3 Å². The van der Waals surface area contributed by atoms with Gasteiger partial charge >= 0.3 is 5.97 Å². The molecule has 1 saturated heterocycles. The number of rotatable bonds is 8. The molecule has 8 heteroatoms. The van der Waals surface area contributed by atoms with Crippen LogP contribution in [0.15, 0.2) is 53.5 Å². The van der Waals surface area contributed by atoms with Crippen LogP contribution in [-0.4, -0.2) is 58.4 Å². The molecule has 1 aliphatic heterocycles. The number of esters is 1. The fourth-order valence-electron chi connectivity index (χ4n) is 5.36. The number of amides is 1. The van der Waals surface area contributed by atoms with Crippen LogP contribution in [0.25, 0.3) is 5.70 Å². The Morgan fingerprint density at radius 2 is 1.80 bits per heavy atom. The predicted molar refractivity (Wildman–Crippen MR) is 136 cm³/mol. The minimum absolute atomic E-state index is 0.00110. The number of allylic oxidation sites excluding steroid dienone is 2. The zero-order valence-electron chi connectivity index (χ0n) is 20.8. The first-order valence-electron chi connectivity index (χ1n) is 12.7. The number of methoxy groups -OCH3 is 1. The zero-order chi connectivity index (χ0) is 24.8. The van der Waals surface area contributed by atoms with Gasteiger partial charge in [-0.2, -0.15) is 0 Å². The van der Waals surface area contributed by atoms with Crippen LogP contribution < -0.4 is 10.5 Å². The molecule has 2 aromatic rings. The van der Waals surface area contributed by atoms with Gasteiger partial charge < -0.3 is 9.64 Å². The van der Waals surface area contributed by atoms with Crippen molar-refractivity contribution in [3.8, 4) is 0 Å². The molecule has 0 atom stereocenters. The second-order valence-corrected chi connectivity index (χ2v) is 9.35. The Hall–Kier alpha value is -3.13. The van der Waals surface area contributed by atoms with Crippen LogP contribution in [0.2, 0.25) is 0 Å². The molecule has 2 aliphatic rings. The minimum Gasteiger partial charge on any atom is -0.467 e. The molecule has 8 nitrogen and oxygen atoms in total. The van der Waals surface area contributed by atoms with Crippen molar-refractivity contribution in [2.45, 2.75) is 64.0 Å². The van der Waals surface area contributed by atoms with Crippen molar-refractivity contribution in [2.24, 2.45) is 0 Å². The van der Waals surface area contributed by atoms with Gasteiger partial charge in [0.1, 0.15) is 5.54 Å². The van der Waals surface area contributed by atoms with E-state index in [0.717, 1.165) is 19.3 Å². The molecule has 0 unspecified atom stereocenters. The van der Waals surface area contributed by atoms with Gasteiger partial charge in [-0.25, -0.2) is 9.48 Å². The number of anilines is 1. The molecule has 1 aromatic carbocycles. The molecular weight excluding hydrogens is 444 g/mol. The topological polar surface area (TPSA) is 76.8 Å². The fourth-order valence-corrected chi connectivity index (χ4v) is 5.36. The van der Waals surface area contributed by atoms with E-state index in [4.69, 9.17) is 4.74 Å². The number of carbonyl (C=O) groups is 2. The molecule has 1 aliphatic carbocycles. The third kappa shape index (κ3) is 5.12.